The van der Waals surface area contributed by atoms with E-state index in [4.69, 9.17) is 5.11 Å². The van der Waals surface area contributed by atoms with Crippen LogP contribution in [0.4, 0.5) is 8.78 Å². The molecule has 7 heteroatoms. The van der Waals surface area contributed by atoms with Crippen LogP contribution in [0.1, 0.15) is 23.4 Å². The molecule has 0 spiro atoms. The van der Waals surface area contributed by atoms with Gasteiger partial charge in [0.1, 0.15) is 0 Å². The number of carboxylic acid groups (broad SMARTS) is 1. The van der Waals surface area contributed by atoms with Gasteiger partial charge in [0.15, 0.2) is 5.43 Å². The normalized spacial score (nSPS) is 10.8. The minimum Gasteiger partial charge on any atom is -0.481 e. The first-order valence-corrected chi connectivity index (χ1v) is 5.38. The van der Waals surface area contributed by atoms with Crippen LogP contribution in [0, 0.1) is 0 Å². The minimum absolute atomic E-state index is 0.00461. The number of aromatic amines is 1. The molecule has 2 N–H and O–H groups in total. The number of rotatable bonds is 4. The molecule has 0 unspecified atom stereocenters. The molecule has 88 valence electrons. The number of hydrogen-bond donors (Lipinski definition) is 2. The summed E-state index contributed by atoms with van der Waals surface area (Å²) in [5.41, 5.74) is -1.23. The van der Waals surface area contributed by atoms with Crippen molar-refractivity contribution in [3.63, 3.8) is 0 Å². The quantitative estimate of drug-likeness (QED) is 0.833. The lowest BCUT2D eigenvalue weighted by molar-refractivity contribution is -0.136. The topological polar surface area (TPSA) is 70.2 Å². The summed E-state index contributed by atoms with van der Waals surface area (Å²) in [5, 5.41) is 8.49. The fourth-order valence-electron chi connectivity index (χ4n) is 1.24. The van der Waals surface area contributed by atoms with Crippen LogP contribution in [-0.4, -0.2) is 16.1 Å². The highest BCUT2D eigenvalue weighted by Gasteiger charge is 2.17. The molecular weight excluding hydrogens is 288 g/mol. The molecule has 0 aromatic carbocycles. The van der Waals surface area contributed by atoms with Crippen molar-refractivity contribution in [2.24, 2.45) is 0 Å². The first-order valence-electron chi connectivity index (χ1n) is 4.26. The summed E-state index contributed by atoms with van der Waals surface area (Å²) >= 11 is 2.93. The van der Waals surface area contributed by atoms with E-state index in [1.54, 1.807) is 0 Å². The molecule has 16 heavy (non-hydrogen) atoms. The van der Waals surface area contributed by atoms with Crippen molar-refractivity contribution in [1.29, 1.82) is 0 Å². The molecule has 1 aromatic heterocycles. The summed E-state index contributed by atoms with van der Waals surface area (Å²) in [4.78, 5) is 24.1. The number of nitrogens with one attached hydrogen (secondary N) is 1. The largest absolute Gasteiger partial charge is 0.481 e. The van der Waals surface area contributed by atoms with Gasteiger partial charge in [-0.2, -0.15) is 0 Å². The predicted molar refractivity (Wildman–Crippen MR) is 56.0 cm³/mol. The van der Waals surface area contributed by atoms with E-state index in [1.807, 2.05) is 0 Å². The van der Waals surface area contributed by atoms with Crippen molar-refractivity contribution < 1.29 is 18.7 Å². The van der Waals surface area contributed by atoms with Crippen molar-refractivity contribution in [3.05, 3.63) is 33.2 Å². The highest BCUT2D eigenvalue weighted by atomic mass is 79.9. The second kappa shape index (κ2) is 5.20. The fourth-order valence-corrected chi connectivity index (χ4v) is 1.82. The van der Waals surface area contributed by atoms with Crippen LogP contribution in [-0.2, 0) is 16.5 Å². The summed E-state index contributed by atoms with van der Waals surface area (Å²) in [6.45, 7) is 0. The Morgan fingerprint density at radius 2 is 2.19 bits per heavy atom. The van der Waals surface area contributed by atoms with Crippen LogP contribution >= 0.6 is 15.9 Å². The molecule has 0 amide bonds. The first-order chi connectivity index (χ1) is 7.45. The van der Waals surface area contributed by atoms with Crippen LogP contribution in [0.3, 0.4) is 0 Å². The standard InChI is InChI=1S/C9H8BrF2NO3/c10-3-5-6(14)1-4(2-7(15)16)13-8(5)9(11)12/h1,9H,2-3H2,(H,13,14)(H,15,16). The smallest absolute Gasteiger partial charge is 0.309 e. The van der Waals surface area contributed by atoms with Gasteiger partial charge in [-0.05, 0) is 0 Å². The van der Waals surface area contributed by atoms with Crippen LogP contribution in [0.5, 0.6) is 0 Å². The monoisotopic (exact) mass is 295 g/mol. The fraction of sp³-hybridized carbons (Fsp3) is 0.333. The molecule has 0 aliphatic carbocycles. The van der Waals surface area contributed by atoms with Crippen LogP contribution < -0.4 is 5.43 Å². The van der Waals surface area contributed by atoms with Gasteiger partial charge in [0.2, 0.25) is 0 Å². The number of H-pyrrole nitrogens is 1. The highest BCUT2D eigenvalue weighted by molar-refractivity contribution is 9.08. The lowest BCUT2D eigenvalue weighted by Gasteiger charge is -2.08. The Morgan fingerprint density at radius 3 is 2.62 bits per heavy atom. The number of carboxylic acids is 1. The Morgan fingerprint density at radius 1 is 1.56 bits per heavy atom. The zero-order valence-electron chi connectivity index (χ0n) is 7.97. The Bertz CT molecular complexity index is 459. The highest BCUT2D eigenvalue weighted by Crippen LogP contribution is 2.20. The molecular formula is C9H8BrF2NO3. The zero-order chi connectivity index (χ0) is 12.3. The molecule has 0 aliphatic heterocycles. The minimum atomic E-state index is -2.84. The van der Waals surface area contributed by atoms with E-state index in [2.05, 4.69) is 20.9 Å². The van der Waals surface area contributed by atoms with Gasteiger partial charge >= 0.3 is 5.97 Å². The Hall–Kier alpha value is -1.24. The van der Waals surface area contributed by atoms with E-state index in [0.29, 0.717) is 0 Å². The van der Waals surface area contributed by atoms with E-state index in [9.17, 15) is 18.4 Å². The number of hydrogen-bond acceptors (Lipinski definition) is 2. The van der Waals surface area contributed by atoms with Crippen molar-refractivity contribution >= 4 is 21.9 Å². The van der Waals surface area contributed by atoms with Crippen LogP contribution in [0.15, 0.2) is 10.9 Å². The van der Waals surface area contributed by atoms with Gasteiger partial charge in [0, 0.05) is 22.7 Å². The second-order valence-electron chi connectivity index (χ2n) is 3.06. The zero-order valence-corrected chi connectivity index (χ0v) is 9.55. The molecule has 0 bridgehead atoms. The molecule has 0 saturated heterocycles. The first kappa shape index (κ1) is 12.8. The van der Waals surface area contributed by atoms with Gasteiger partial charge < -0.3 is 10.1 Å². The molecule has 0 aliphatic rings. The SMILES string of the molecule is O=C(O)Cc1cc(=O)c(CBr)c(C(F)F)[nH]1. The molecule has 0 atom stereocenters. The van der Waals surface area contributed by atoms with Crippen molar-refractivity contribution in [1.82, 2.24) is 4.98 Å². The van der Waals surface area contributed by atoms with Gasteiger partial charge in [-0.25, -0.2) is 8.78 Å². The Kier molecular flexibility index (Phi) is 4.17. The number of halogens is 3. The summed E-state index contributed by atoms with van der Waals surface area (Å²) in [7, 11) is 0. The van der Waals surface area contributed by atoms with E-state index >= 15 is 0 Å². The summed E-state index contributed by atoms with van der Waals surface area (Å²) < 4.78 is 25.1. The second-order valence-corrected chi connectivity index (χ2v) is 3.62. The number of aromatic nitrogens is 1. The molecule has 4 nitrogen and oxygen atoms in total. The van der Waals surface area contributed by atoms with Crippen LogP contribution in [0.25, 0.3) is 0 Å². The average Bonchev–Trinajstić information content (AvgIpc) is 2.15. The third-order valence-corrected chi connectivity index (χ3v) is 2.48. The maximum Gasteiger partial charge on any atom is 0.309 e. The average molecular weight is 296 g/mol. The molecule has 0 saturated carbocycles. The molecule has 1 aromatic rings. The summed E-state index contributed by atoms with van der Waals surface area (Å²) in [6.07, 6.45) is -3.33. The van der Waals surface area contributed by atoms with Crippen molar-refractivity contribution in [2.75, 3.05) is 0 Å². The van der Waals surface area contributed by atoms with E-state index in [0.717, 1.165) is 6.07 Å². The lowest BCUT2D eigenvalue weighted by Crippen LogP contribution is -2.16. The van der Waals surface area contributed by atoms with Crippen molar-refractivity contribution in [2.45, 2.75) is 18.2 Å². The van der Waals surface area contributed by atoms with Gasteiger partial charge in [0.25, 0.3) is 6.43 Å². The predicted octanol–water partition coefficient (Wildman–Crippen LogP) is 1.83. The Balaban J connectivity index is 3.28. The number of alkyl halides is 3. The lowest BCUT2D eigenvalue weighted by atomic mass is 10.1. The molecule has 0 fully saturated rings. The van der Waals surface area contributed by atoms with Gasteiger partial charge in [-0.1, -0.05) is 15.9 Å². The third kappa shape index (κ3) is 2.88. The van der Waals surface area contributed by atoms with Gasteiger partial charge in [-0.15, -0.1) is 0 Å². The number of aliphatic carboxylic acids is 1. The summed E-state index contributed by atoms with van der Waals surface area (Å²) in [5.74, 6) is -1.19. The van der Waals surface area contributed by atoms with E-state index < -0.39 is 29.9 Å². The van der Waals surface area contributed by atoms with E-state index in [1.165, 1.54) is 0 Å². The molecule has 1 heterocycles. The maximum absolute atomic E-state index is 12.6. The molecule has 0 radical (unpaired) electrons. The number of pyridine rings is 1. The maximum atomic E-state index is 12.6. The van der Waals surface area contributed by atoms with Crippen LogP contribution in [0.2, 0.25) is 0 Å². The number of carbonyl (C=O) groups is 1. The van der Waals surface area contributed by atoms with Gasteiger partial charge in [0.05, 0.1) is 12.1 Å². The van der Waals surface area contributed by atoms with E-state index in [-0.39, 0.29) is 16.6 Å². The van der Waals surface area contributed by atoms with Gasteiger partial charge in [-0.3, -0.25) is 9.59 Å². The van der Waals surface area contributed by atoms with Crippen molar-refractivity contribution in [3.8, 4) is 0 Å². The molecule has 1 rings (SSSR count). The summed E-state index contributed by atoms with van der Waals surface area (Å²) in [6, 6.07) is 1.02. The third-order valence-electron chi connectivity index (χ3n) is 1.92. The Labute approximate surface area is 97.4 Å².